The number of hydrogen-bond acceptors (Lipinski definition) is 0. The molecule has 0 unspecified atom stereocenters. The van der Waals surface area contributed by atoms with E-state index >= 15 is 0 Å². The molecule has 1 nitrogen and oxygen atoms in total. The molecule has 1 heterocycles. The van der Waals surface area contributed by atoms with Gasteiger partial charge in [-0.1, -0.05) is 22.0 Å². The maximum absolute atomic E-state index is 12.6. The summed E-state index contributed by atoms with van der Waals surface area (Å²) < 4.78 is 39.9. The van der Waals surface area contributed by atoms with Gasteiger partial charge in [0.05, 0.1) is 0 Å². The summed E-state index contributed by atoms with van der Waals surface area (Å²) in [6, 6.07) is 9.06. The van der Waals surface area contributed by atoms with Crippen molar-refractivity contribution >= 4 is 27.5 Å². The van der Waals surface area contributed by atoms with E-state index < -0.39 is 11.7 Å². The van der Waals surface area contributed by atoms with Crippen LogP contribution in [0.5, 0.6) is 0 Å². The topological polar surface area (TPSA) is 3.88 Å². The van der Waals surface area contributed by atoms with Crippen LogP contribution in [0.15, 0.2) is 47.1 Å². The van der Waals surface area contributed by atoms with Crippen molar-refractivity contribution in [1.29, 1.82) is 0 Å². The van der Waals surface area contributed by atoms with Crippen LogP contribution < -0.4 is 17.0 Å². The first-order valence-electron chi connectivity index (χ1n) is 4.92. The molecule has 19 heavy (non-hydrogen) atoms. The summed E-state index contributed by atoms with van der Waals surface area (Å²) >= 11 is 9.18. The van der Waals surface area contributed by atoms with E-state index in [1.165, 1.54) is 10.6 Å². The van der Waals surface area contributed by atoms with Crippen LogP contribution in [0.2, 0.25) is 5.15 Å². The van der Waals surface area contributed by atoms with Gasteiger partial charge in [0, 0.05) is 22.7 Å². The number of hydrogen-bond donors (Lipinski definition) is 0. The van der Waals surface area contributed by atoms with Gasteiger partial charge in [-0.2, -0.15) is 13.2 Å². The van der Waals surface area contributed by atoms with Crippen LogP contribution in [0, 0.1) is 0 Å². The molecule has 0 saturated heterocycles. The predicted octanol–water partition coefficient (Wildman–Crippen LogP) is 1.40. The van der Waals surface area contributed by atoms with E-state index in [9.17, 15) is 13.2 Å². The zero-order chi connectivity index (χ0) is 13.3. The van der Waals surface area contributed by atoms with Crippen LogP contribution in [-0.4, -0.2) is 0 Å². The zero-order valence-electron chi connectivity index (χ0n) is 9.26. The molecule has 1 aromatic carbocycles. The molecular formula is C12H7BrCl2F3N. The molecule has 0 aliphatic carbocycles. The molecule has 102 valence electrons. The van der Waals surface area contributed by atoms with Gasteiger partial charge < -0.3 is 12.4 Å². The highest BCUT2D eigenvalue weighted by atomic mass is 79.9. The molecule has 0 spiro atoms. The van der Waals surface area contributed by atoms with Gasteiger partial charge in [0.15, 0.2) is 6.20 Å². The molecule has 2 aromatic rings. The summed E-state index contributed by atoms with van der Waals surface area (Å²) in [6.45, 7) is 0. The minimum absolute atomic E-state index is 0. The van der Waals surface area contributed by atoms with Crippen LogP contribution in [0.3, 0.4) is 0 Å². The monoisotopic (exact) mass is 371 g/mol. The molecule has 0 N–H and O–H groups in total. The van der Waals surface area contributed by atoms with E-state index in [0.29, 0.717) is 5.69 Å². The molecule has 0 amide bonds. The molecule has 1 aromatic heterocycles. The predicted molar refractivity (Wildman–Crippen MR) is 65.7 cm³/mol. The molecule has 0 atom stereocenters. The number of benzene rings is 1. The first kappa shape index (κ1) is 16.3. The molecule has 0 saturated carbocycles. The third kappa shape index (κ3) is 3.84. The molecule has 0 radical (unpaired) electrons. The van der Waals surface area contributed by atoms with Crippen molar-refractivity contribution < 1.29 is 30.1 Å². The van der Waals surface area contributed by atoms with Gasteiger partial charge in [0.1, 0.15) is 5.56 Å². The number of rotatable bonds is 1. The lowest BCUT2D eigenvalue weighted by molar-refractivity contribution is -0.594. The Labute approximate surface area is 127 Å². The number of aromatic nitrogens is 1. The Morgan fingerprint density at radius 3 is 2.37 bits per heavy atom. The van der Waals surface area contributed by atoms with Gasteiger partial charge in [-0.15, -0.1) is 4.57 Å². The van der Waals surface area contributed by atoms with Crippen LogP contribution in [-0.2, 0) is 6.18 Å². The Bertz CT molecular complexity index is 587. The van der Waals surface area contributed by atoms with Crippen LogP contribution in [0.1, 0.15) is 5.56 Å². The molecule has 0 bridgehead atoms. The normalized spacial score (nSPS) is 11.0. The molecule has 0 aliphatic rings. The van der Waals surface area contributed by atoms with Crippen molar-refractivity contribution in [2.45, 2.75) is 6.18 Å². The minimum Gasteiger partial charge on any atom is -1.00 e. The Morgan fingerprint density at radius 2 is 1.79 bits per heavy atom. The van der Waals surface area contributed by atoms with Crippen molar-refractivity contribution in [2.75, 3.05) is 0 Å². The van der Waals surface area contributed by atoms with E-state index in [0.717, 1.165) is 16.7 Å². The van der Waals surface area contributed by atoms with E-state index in [2.05, 4.69) is 15.9 Å². The second-order valence-corrected chi connectivity index (χ2v) is 4.89. The van der Waals surface area contributed by atoms with Gasteiger partial charge in [-0.05, 0) is 23.7 Å². The SMILES string of the molecule is FC(F)(F)c1ccc(Cl)[n+](-c2cccc(Br)c2)c1.[Cl-]. The summed E-state index contributed by atoms with van der Waals surface area (Å²) in [5.74, 6) is 0. The highest BCUT2D eigenvalue weighted by molar-refractivity contribution is 9.10. The summed E-state index contributed by atoms with van der Waals surface area (Å²) in [5, 5.41) is 0.209. The van der Waals surface area contributed by atoms with E-state index in [1.54, 1.807) is 24.3 Å². The van der Waals surface area contributed by atoms with Crippen LogP contribution in [0.4, 0.5) is 13.2 Å². The summed E-state index contributed by atoms with van der Waals surface area (Å²) in [5.41, 5.74) is -0.188. The van der Waals surface area contributed by atoms with Gasteiger partial charge in [0.2, 0.25) is 5.69 Å². The van der Waals surface area contributed by atoms with Crippen molar-refractivity contribution in [1.82, 2.24) is 0 Å². The van der Waals surface area contributed by atoms with E-state index in [4.69, 9.17) is 11.6 Å². The smallest absolute Gasteiger partial charge is 0.422 e. The van der Waals surface area contributed by atoms with Gasteiger partial charge in [-0.3, -0.25) is 0 Å². The van der Waals surface area contributed by atoms with Crippen molar-refractivity contribution in [3.8, 4) is 5.69 Å². The molecule has 0 aliphatic heterocycles. The van der Waals surface area contributed by atoms with Gasteiger partial charge in [-0.25, -0.2) is 0 Å². The van der Waals surface area contributed by atoms with Crippen molar-refractivity contribution in [3.05, 3.63) is 57.8 Å². The van der Waals surface area contributed by atoms with Gasteiger partial charge in [0.25, 0.3) is 5.15 Å². The number of nitrogens with zero attached hydrogens (tertiary/aromatic N) is 1. The molecule has 7 heteroatoms. The molecule has 2 rings (SSSR count). The first-order chi connectivity index (χ1) is 8.38. The second kappa shape index (κ2) is 6.11. The maximum Gasteiger partial charge on any atom is 0.422 e. The Morgan fingerprint density at radius 1 is 1.11 bits per heavy atom. The lowest BCUT2D eigenvalue weighted by atomic mass is 10.2. The standard InChI is InChI=1S/C12H7BrClF3N.ClH/c13-9-2-1-3-10(6-9)18-7-8(12(15,16)17)4-5-11(18)14;/h1-7H;1H/q+1;/p-1. The highest BCUT2D eigenvalue weighted by Gasteiger charge is 2.34. The van der Waals surface area contributed by atoms with Crippen LogP contribution in [0.25, 0.3) is 5.69 Å². The fourth-order valence-electron chi connectivity index (χ4n) is 1.47. The maximum atomic E-state index is 12.6. The molecular weight excluding hydrogens is 366 g/mol. The highest BCUT2D eigenvalue weighted by Crippen LogP contribution is 2.29. The lowest BCUT2D eigenvalue weighted by Crippen LogP contribution is -3.00. The van der Waals surface area contributed by atoms with E-state index in [-0.39, 0.29) is 17.6 Å². The Balaban J connectivity index is 0.00000180. The first-order valence-corrected chi connectivity index (χ1v) is 6.09. The van der Waals surface area contributed by atoms with Crippen molar-refractivity contribution in [3.63, 3.8) is 0 Å². The zero-order valence-corrected chi connectivity index (χ0v) is 12.4. The quantitative estimate of drug-likeness (QED) is 0.526. The number of alkyl halides is 3. The Hall–Kier alpha value is -0.780. The third-order valence-corrected chi connectivity index (χ3v) is 3.11. The lowest BCUT2D eigenvalue weighted by Gasteiger charge is -2.05. The summed E-state index contributed by atoms with van der Waals surface area (Å²) in [4.78, 5) is 0. The molecule has 0 fully saturated rings. The minimum atomic E-state index is -4.39. The second-order valence-electron chi connectivity index (χ2n) is 3.59. The summed E-state index contributed by atoms with van der Waals surface area (Å²) in [6.07, 6.45) is -3.41. The van der Waals surface area contributed by atoms with Crippen molar-refractivity contribution in [2.24, 2.45) is 0 Å². The average Bonchev–Trinajstić information content (AvgIpc) is 2.28. The average molecular weight is 373 g/mol. The summed E-state index contributed by atoms with van der Waals surface area (Å²) in [7, 11) is 0. The fourth-order valence-corrected chi connectivity index (χ4v) is 2.07. The number of halogens is 6. The third-order valence-electron chi connectivity index (χ3n) is 2.31. The largest absolute Gasteiger partial charge is 1.00 e. The fraction of sp³-hybridized carbons (Fsp3) is 0.0833. The van der Waals surface area contributed by atoms with E-state index in [1.807, 2.05) is 0 Å². The Kier molecular flexibility index (Phi) is 5.24. The van der Waals surface area contributed by atoms with Crippen LogP contribution >= 0.6 is 27.5 Å². The number of pyridine rings is 1. The van der Waals surface area contributed by atoms with Gasteiger partial charge >= 0.3 is 6.18 Å².